The molecule has 0 spiro atoms. The Morgan fingerprint density at radius 2 is 2.00 bits per heavy atom. The van der Waals surface area contributed by atoms with Crippen LogP contribution < -0.4 is 4.74 Å². The van der Waals surface area contributed by atoms with E-state index in [0.717, 1.165) is 10.1 Å². The van der Waals surface area contributed by atoms with Crippen LogP contribution in [0.1, 0.15) is 24.9 Å². The summed E-state index contributed by atoms with van der Waals surface area (Å²) in [6.07, 6.45) is 2.70. The first-order chi connectivity index (χ1) is 9.56. The predicted octanol–water partition coefficient (Wildman–Crippen LogP) is 2.78. The van der Waals surface area contributed by atoms with Crippen LogP contribution in [-0.2, 0) is 13.0 Å². The highest BCUT2D eigenvalue weighted by Gasteiger charge is 2.11. The zero-order valence-electron chi connectivity index (χ0n) is 11.0. The number of rotatable bonds is 6. The molecule has 1 atom stereocenters. The number of aliphatic hydroxyl groups excluding tert-OH is 1. The third-order valence-electron chi connectivity index (χ3n) is 2.78. The zero-order chi connectivity index (χ0) is 14.5. The van der Waals surface area contributed by atoms with Crippen molar-refractivity contribution in [3.8, 4) is 5.75 Å². The molecule has 0 aliphatic carbocycles. The summed E-state index contributed by atoms with van der Waals surface area (Å²) < 4.78 is 31.4. The Morgan fingerprint density at radius 3 is 2.60 bits per heavy atom. The largest absolute Gasteiger partial charge is 0.486 e. The third kappa shape index (κ3) is 3.77. The van der Waals surface area contributed by atoms with Crippen LogP contribution in [0.2, 0.25) is 0 Å². The molecule has 0 amide bonds. The first-order valence-corrected chi connectivity index (χ1v) is 6.26. The average molecular weight is 282 g/mol. The predicted molar refractivity (Wildman–Crippen MR) is 69.6 cm³/mol. The number of aliphatic hydroxyl groups is 1. The van der Waals surface area contributed by atoms with Crippen LogP contribution >= 0.6 is 0 Å². The molecule has 20 heavy (non-hydrogen) atoms. The SMILES string of the molecule is CC(O)Cc1ccc(OCc2nccn2C(F)F)cc1. The van der Waals surface area contributed by atoms with E-state index in [9.17, 15) is 13.9 Å². The first-order valence-electron chi connectivity index (χ1n) is 6.26. The number of hydrogen-bond donors (Lipinski definition) is 1. The van der Waals surface area contributed by atoms with E-state index < -0.39 is 12.7 Å². The van der Waals surface area contributed by atoms with E-state index in [1.165, 1.54) is 12.4 Å². The minimum atomic E-state index is -2.62. The van der Waals surface area contributed by atoms with Gasteiger partial charge in [0.05, 0.1) is 6.10 Å². The summed E-state index contributed by atoms with van der Waals surface area (Å²) in [7, 11) is 0. The van der Waals surface area contributed by atoms with Gasteiger partial charge in [-0.1, -0.05) is 12.1 Å². The Labute approximate surface area is 115 Å². The average Bonchev–Trinajstić information content (AvgIpc) is 2.86. The summed E-state index contributed by atoms with van der Waals surface area (Å²) in [6.45, 7) is -0.925. The van der Waals surface area contributed by atoms with Gasteiger partial charge in [-0.15, -0.1) is 0 Å². The summed E-state index contributed by atoms with van der Waals surface area (Å²) >= 11 is 0. The summed E-state index contributed by atoms with van der Waals surface area (Å²) in [5.74, 6) is 0.746. The van der Waals surface area contributed by atoms with Gasteiger partial charge in [0.1, 0.15) is 12.4 Å². The summed E-state index contributed by atoms with van der Waals surface area (Å²) in [5, 5.41) is 9.27. The second-order valence-corrected chi connectivity index (χ2v) is 4.51. The minimum Gasteiger partial charge on any atom is -0.486 e. The second-order valence-electron chi connectivity index (χ2n) is 4.51. The van der Waals surface area contributed by atoms with Gasteiger partial charge in [0.2, 0.25) is 0 Å². The number of nitrogens with zero attached hydrogens (tertiary/aromatic N) is 2. The van der Waals surface area contributed by atoms with Crippen LogP contribution in [0.4, 0.5) is 8.78 Å². The molecule has 1 N–H and O–H groups in total. The van der Waals surface area contributed by atoms with Crippen LogP contribution in [-0.4, -0.2) is 20.8 Å². The first kappa shape index (κ1) is 14.5. The molecule has 0 fully saturated rings. The molecule has 0 saturated carbocycles. The van der Waals surface area contributed by atoms with Crippen molar-refractivity contribution in [3.05, 3.63) is 48.0 Å². The lowest BCUT2D eigenvalue weighted by atomic mass is 10.1. The molecule has 0 aliphatic rings. The van der Waals surface area contributed by atoms with E-state index in [2.05, 4.69) is 4.98 Å². The Morgan fingerprint density at radius 1 is 1.30 bits per heavy atom. The quantitative estimate of drug-likeness (QED) is 0.886. The zero-order valence-corrected chi connectivity index (χ0v) is 11.0. The summed E-state index contributed by atoms with van der Waals surface area (Å²) in [4.78, 5) is 3.83. The van der Waals surface area contributed by atoms with Gasteiger partial charge in [-0.2, -0.15) is 8.78 Å². The van der Waals surface area contributed by atoms with E-state index in [-0.39, 0.29) is 12.4 Å². The minimum absolute atomic E-state index is 0.0207. The third-order valence-corrected chi connectivity index (χ3v) is 2.78. The number of benzene rings is 1. The lowest BCUT2D eigenvalue weighted by Crippen LogP contribution is -2.07. The molecule has 0 bridgehead atoms. The Bertz CT molecular complexity index is 538. The fourth-order valence-corrected chi connectivity index (χ4v) is 1.84. The number of ether oxygens (including phenoxy) is 1. The fourth-order valence-electron chi connectivity index (χ4n) is 1.84. The molecule has 0 radical (unpaired) electrons. The van der Waals surface area contributed by atoms with E-state index in [0.29, 0.717) is 12.2 Å². The molecule has 1 heterocycles. The van der Waals surface area contributed by atoms with Crippen molar-refractivity contribution < 1.29 is 18.6 Å². The molecule has 1 unspecified atom stereocenters. The summed E-state index contributed by atoms with van der Waals surface area (Å²) in [6, 6.07) is 7.16. The Hall–Kier alpha value is -1.95. The number of alkyl halides is 2. The van der Waals surface area contributed by atoms with Crippen LogP contribution in [0.25, 0.3) is 0 Å². The molecule has 4 nitrogen and oxygen atoms in total. The van der Waals surface area contributed by atoms with Crippen molar-refractivity contribution in [1.29, 1.82) is 0 Å². The van der Waals surface area contributed by atoms with Gasteiger partial charge < -0.3 is 9.84 Å². The maximum Gasteiger partial charge on any atom is 0.320 e. The van der Waals surface area contributed by atoms with Crippen LogP contribution in [0.15, 0.2) is 36.7 Å². The standard InChI is InChI=1S/C14H16F2N2O2/c1-10(19)8-11-2-4-12(5-3-11)20-9-13-17-6-7-18(13)14(15)16/h2-7,10,14,19H,8-9H2,1H3. The molecular weight excluding hydrogens is 266 g/mol. The van der Waals surface area contributed by atoms with Crippen LogP contribution in [0.3, 0.4) is 0 Å². The molecule has 1 aromatic heterocycles. The van der Waals surface area contributed by atoms with Crippen molar-refractivity contribution in [2.24, 2.45) is 0 Å². The topological polar surface area (TPSA) is 47.3 Å². The molecular formula is C14H16F2N2O2. The van der Waals surface area contributed by atoms with Gasteiger partial charge >= 0.3 is 6.55 Å². The number of imidazole rings is 1. The van der Waals surface area contributed by atoms with Crippen LogP contribution in [0.5, 0.6) is 5.75 Å². The monoisotopic (exact) mass is 282 g/mol. The molecule has 108 valence electrons. The lowest BCUT2D eigenvalue weighted by Gasteiger charge is -2.09. The van der Waals surface area contributed by atoms with Crippen molar-refractivity contribution in [1.82, 2.24) is 9.55 Å². The molecule has 2 aromatic rings. The van der Waals surface area contributed by atoms with Crippen LogP contribution in [0, 0.1) is 0 Å². The Kier molecular flexibility index (Phi) is 4.68. The fraction of sp³-hybridized carbons (Fsp3) is 0.357. The maximum absolute atomic E-state index is 12.6. The molecule has 1 aromatic carbocycles. The van der Waals surface area contributed by atoms with Gasteiger partial charge in [0.25, 0.3) is 0 Å². The van der Waals surface area contributed by atoms with Gasteiger partial charge in [-0.3, -0.25) is 4.57 Å². The number of aromatic nitrogens is 2. The maximum atomic E-state index is 12.6. The van der Waals surface area contributed by atoms with Crippen molar-refractivity contribution in [3.63, 3.8) is 0 Å². The van der Waals surface area contributed by atoms with Gasteiger partial charge in [0.15, 0.2) is 5.82 Å². The van der Waals surface area contributed by atoms with Gasteiger partial charge in [-0.25, -0.2) is 4.98 Å². The molecule has 2 rings (SSSR count). The highest BCUT2D eigenvalue weighted by Crippen LogP contribution is 2.17. The molecule has 0 saturated heterocycles. The van der Waals surface area contributed by atoms with Crippen molar-refractivity contribution in [2.75, 3.05) is 0 Å². The van der Waals surface area contributed by atoms with E-state index in [4.69, 9.17) is 4.74 Å². The normalized spacial score (nSPS) is 12.7. The van der Waals surface area contributed by atoms with Gasteiger partial charge in [-0.05, 0) is 31.0 Å². The van der Waals surface area contributed by atoms with E-state index >= 15 is 0 Å². The highest BCUT2D eigenvalue weighted by atomic mass is 19.3. The van der Waals surface area contributed by atoms with Gasteiger partial charge in [0, 0.05) is 12.4 Å². The second kappa shape index (κ2) is 6.47. The molecule has 0 aliphatic heterocycles. The smallest absolute Gasteiger partial charge is 0.320 e. The Balaban J connectivity index is 1.95. The van der Waals surface area contributed by atoms with E-state index in [1.807, 2.05) is 12.1 Å². The molecule has 6 heteroatoms. The van der Waals surface area contributed by atoms with E-state index in [1.54, 1.807) is 19.1 Å². The summed E-state index contributed by atoms with van der Waals surface area (Å²) in [5.41, 5.74) is 0.987. The van der Waals surface area contributed by atoms with Crippen molar-refractivity contribution in [2.45, 2.75) is 32.6 Å². The lowest BCUT2D eigenvalue weighted by molar-refractivity contribution is 0.0632. The number of hydrogen-bond acceptors (Lipinski definition) is 3. The number of halogens is 2. The highest BCUT2D eigenvalue weighted by molar-refractivity contribution is 5.27. The van der Waals surface area contributed by atoms with Crippen molar-refractivity contribution >= 4 is 0 Å².